The van der Waals surface area contributed by atoms with Crippen LogP contribution < -0.4 is 15.0 Å². The molecule has 2 aromatic heterocycles. The second kappa shape index (κ2) is 12.4. The van der Waals surface area contributed by atoms with E-state index in [9.17, 15) is 12.8 Å². The van der Waals surface area contributed by atoms with E-state index in [0.717, 1.165) is 27.7 Å². The fourth-order valence-electron chi connectivity index (χ4n) is 4.49. The standard InChI is InChI=1S/C30H30ClFN4O4S/c1-36(23-7-10-29(26(31)16-23)39-18-20-4-3-5-22(32)14-20)30-25-15-21(6-9-27(25)34-19-35-30)28-11-8-24(40-28)17-33-12-13-41(2,37)38/h4,6-11,14-16,19,33H,3,5,12-13,17-18H2,1-2H3. The molecular formula is C30H30ClFN4O4S. The highest BCUT2D eigenvalue weighted by atomic mass is 35.5. The summed E-state index contributed by atoms with van der Waals surface area (Å²) in [5.74, 6) is 2.51. The number of hydrogen-bond acceptors (Lipinski definition) is 8. The molecule has 0 saturated carbocycles. The molecule has 1 aliphatic carbocycles. The van der Waals surface area contributed by atoms with Crippen LogP contribution in [0.4, 0.5) is 15.9 Å². The van der Waals surface area contributed by atoms with E-state index in [-0.39, 0.29) is 18.2 Å². The van der Waals surface area contributed by atoms with Gasteiger partial charge in [0.05, 0.1) is 22.8 Å². The molecule has 214 valence electrons. The molecule has 0 aliphatic heterocycles. The molecule has 11 heteroatoms. The molecule has 0 spiro atoms. The number of aromatic nitrogens is 2. The normalized spacial score (nSPS) is 13.7. The third kappa shape index (κ3) is 7.32. The minimum atomic E-state index is -3.02. The van der Waals surface area contributed by atoms with E-state index in [0.29, 0.717) is 54.0 Å². The maximum Gasteiger partial charge on any atom is 0.148 e. The summed E-state index contributed by atoms with van der Waals surface area (Å²) in [6, 6.07) is 15.1. The molecule has 1 N–H and O–H groups in total. The van der Waals surface area contributed by atoms with Gasteiger partial charge in [-0.25, -0.2) is 22.8 Å². The van der Waals surface area contributed by atoms with Crippen LogP contribution >= 0.6 is 11.6 Å². The van der Waals surface area contributed by atoms with Crippen molar-refractivity contribution in [2.75, 3.05) is 37.1 Å². The Hall–Kier alpha value is -3.73. The van der Waals surface area contributed by atoms with Crippen LogP contribution in [0.15, 0.2) is 82.8 Å². The van der Waals surface area contributed by atoms with Crippen LogP contribution in [-0.2, 0) is 16.4 Å². The van der Waals surface area contributed by atoms with E-state index >= 15 is 0 Å². The van der Waals surface area contributed by atoms with Crippen molar-refractivity contribution >= 4 is 43.8 Å². The number of furan rings is 1. The molecule has 2 aromatic carbocycles. The van der Waals surface area contributed by atoms with Crippen LogP contribution in [0.2, 0.25) is 5.02 Å². The summed E-state index contributed by atoms with van der Waals surface area (Å²) in [4.78, 5) is 10.9. The van der Waals surface area contributed by atoms with Crippen molar-refractivity contribution in [3.63, 3.8) is 0 Å². The number of hydrogen-bond donors (Lipinski definition) is 1. The van der Waals surface area contributed by atoms with Crippen molar-refractivity contribution in [1.29, 1.82) is 0 Å². The minimum absolute atomic E-state index is 0.0690. The lowest BCUT2D eigenvalue weighted by Crippen LogP contribution is -2.21. The average Bonchev–Trinajstić information content (AvgIpc) is 3.42. The first-order valence-electron chi connectivity index (χ1n) is 13.1. The zero-order chi connectivity index (χ0) is 29.0. The molecule has 41 heavy (non-hydrogen) atoms. The first-order valence-corrected chi connectivity index (χ1v) is 15.5. The number of nitrogens with one attached hydrogen (secondary N) is 1. The van der Waals surface area contributed by atoms with E-state index in [2.05, 4.69) is 15.3 Å². The monoisotopic (exact) mass is 596 g/mol. The van der Waals surface area contributed by atoms with Crippen LogP contribution in [0, 0.1) is 0 Å². The molecule has 0 saturated heterocycles. The van der Waals surface area contributed by atoms with Crippen molar-refractivity contribution in [2.45, 2.75) is 19.4 Å². The van der Waals surface area contributed by atoms with Crippen LogP contribution in [0.25, 0.3) is 22.2 Å². The predicted molar refractivity (Wildman–Crippen MR) is 160 cm³/mol. The van der Waals surface area contributed by atoms with E-state index < -0.39 is 9.84 Å². The van der Waals surface area contributed by atoms with Gasteiger partial charge in [-0.2, -0.15) is 0 Å². The average molecular weight is 597 g/mol. The maximum atomic E-state index is 13.6. The number of sulfone groups is 1. The first kappa shape index (κ1) is 28.8. The molecular weight excluding hydrogens is 567 g/mol. The molecule has 5 rings (SSSR count). The number of benzene rings is 2. The number of allylic oxidation sites excluding steroid dienone is 2. The Balaban J connectivity index is 1.32. The van der Waals surface area contributed by atoms with Gasteiger partial charge in [0, 0.05) is 42.9 Å². The van der Waals surface area contributed by atoms with Crippen molar-refractivity contribution in [2.24, 2.45) is 0 Å². The first-order chi connectivity index (χ1) is 19.7. The second-order valence-corrected chi connectivity index (χ2v) is 12.5. The zero-order valence-corrected chi connectivity index (χ0v) is 24.3. The Labute approximate surface area is 243 Å². The maximum absolute atomic E-state index is 13.6. The van der Waals surface area contributed by atoms with E-state index in [1.807, 2.05) is 54.4 Å². The summed E-state index contributed by atoms with van der Waals surface area (Å²) in [5.41, 5.74) is 3.22. The fourth-order valence-corrected chi connectivity index (χ4v) is 5.23. The summed E-state index contributed by atoms with van der Waals surface area (Å²) in [6.45, 7) is 1.02. The third-order valence-corrected chi connectivity index (χ3v) is 7.90. The van der Waals surface area contributed by atoms with E-state index in [1.54, 1.807) is 12.1 Å². The van der Waals surface area contributed by atoms with Gasteiger partial charge in [0.15, 0.2) is 0 Å². The van der Waals surface area contributed by atoms with Crippen LogP contribution in [0.1, 0.15) is 18.6 Å². The molecule has 4 aromatic rings. The summed E-state index contributed by atoms with van der Waals surface area (Å²) in [7, 11) is -1.12. The van der Waals surface area contributed by atoms with Crippen molar-refractivity contribution < 1.29 is 22.0 Å². The van der Waals surface area contributed by atoms with E-state index in [4.69, 9.17) is 20.8 Å². The SMILES string of the molecule is CN(c1ccc(OCC2=CCCC(F)=C2)c(Cl)c1)c1ncnc2ccc(-c3ccc(CNCCS(C)(=O)=O)o3)cc12. The van der Waals surface area contributed by atoms with Crippen molar-refractivity contribution in [1.82, 2.24) is 15.3 Å². The highest BCUT2D eigenvalue weighted by Crippen LogP contribution is 2.35. The van der Waals surface area contributed by atoms with Gasteiger partial charge in [-0.1, -0.05) is 17.7 Å². The lowest BCUT2D eigenvalue weighted by atomic mass is 10.1. The number of nitrogens with zero attached hydrogens (tertiary/aromatic N) is 3. The van der Waals surface area contributed by atoms with Gasteiger partial charge in [-0.3, -0.25) is 0 Å². The van der Waals surface area contributed by atoms with Crippen LogP contribution in [-0.4, -0.2) is 50.6 Å². The number of rotatable bonds is 11. The summed E-state index contributed by atoms with van der Waals surface area (Å²) in [5, 5.41) is 4.35. The topological polar surface area (TPSA) is 97.6 Å². The van der Waals surface area contributed by atoms with Gasteiger partial charge in [-0.15, -0.1) is 0 Å². The molecule has 0 amide bonds. The largest absolute Gasteiger partial charge is 0.487 e. The lowest BCUT2D eigenvalue weighted by molar-refractivity contribution is 0.353. The van der Waals surface area contributed by atoms with Gasteiger partial charge in [0.2, 0.25) is 0 Å². The molecule has 1 aliphatic rings. The number of anilines is 2. The number of fused-ring (bicyclic) bond motifs is 1. The highest BCUT2D eigenvalue weighted by Gasteiger charge is 2.15. The van der Waals surface area contributed by atoms with Gasteiger partial charge in [0.25, 0.3) is 0 Å². The molecule has 0 atom stereocenters. The number of halogens is 2. The van der Waals surface area contributed by atoms with Gasteiger partial charge < -0.3 is 19.4 Å². The summed E-state index contributed by atoms with van der Waals surface area (Å²) >= 11 is 6.56. The van der Waals surface area contributed by atoms with E-state index in [1.165, 1.54) is 18.7 Å². The number of ether oxygens (including phenoxy) is 1. The Kier molecular flexibility index (Phi) is 8.72. The molecule has 0 fully saturated rings. The quantitative estimate of drug-likeness (QED) is 0.199. The Morgan fingerprint density at radius 2 is 2.00 bits per heavy atom. The second-order valence-electron chi connectivity index (χ2n) is 9.87. The van der Waals surface area contributed by atoms with Crippen molar-refractivity contribution in [3.05, 3.63) is 89.2 Å². The van der Waals surface area contributed by atoms with Gasteiger partial charge in [-0.05, 0) is 66.6 Å². The zero-order valence-electron chi connectivity index (χ0n) is 22.7. The molecule has 2 heterocycles. The van der Waals surface area contributed by atoms with Gasteiger partial charge in [0.1, 0.15) is 51.7 Å². The molecule has 0 radical (unpaired) electrons. The molecule has 0 bridgehead atoms. The van der Waals surface area contributed by atoms with Crippen molar-refractivity contribution in [3.8, 4) is 17.1 Å². The molecule has 8 nitrogen and oxygen atoms in total. The lowest BCUT2D eigenvalue weighted by Gasteiger charge is -2.21. The third-order valence-electron chi connectivity index (χ3n) is 6.66. The smallest absolute Gasteiger partial charge is 0.148 e. The Bertz CT molecular complexity index is 1740. The van der Waals surface area contributed by atoms with Gasteiger partial charge >= 0.3 is 0 Å². The Morgan fingerprint density at radius 1 is 1.15 bits per heavy atom. The molecule has 0 unspecified atom stereocenters. The highest BCUT2D eigenvalue weighted by molar-refractivity contribution is 7.90. The van der Waals surface area contributed by atoms with Crippen LogP contribution in [0.5, 0.6) is 5.75 Å². The Morgan fingerprint density at radius 3 is 2.78 bits per heavy atom. The fraction of sp³-hybridized carbons (Fsp3) is 0.267. The predicted octanol–water partition coefficient (Wildman–Crippen LogP) is 6.40. The van der Waals surface area contributed by atoms with Crippen LogP contribution in [0.3, 0.4) is 0 Å². The minimum Gasteiger partial charge on any atom is -0.487 e. The summed E-state index contributed by atoms with van der Waals surface area (Å²) < 4.78 is 48.1. The summed E-state index contributed by atoms with van der Waals surface area (Å²) in [6.07, 6.45) is 7.31.